The minimum absolute atomic E-state index is 0.0142. The molecule has 7 rings (SSSR count). The highest BCUT2D eigenvalue weighted by atomic mass is 35.5. The lowest BCUT2D eigenvalue weighted by Gasteiger charge is -2.19. The average Bonchev–Trinajstić information content (AvgIpc) is 3.65. The van der Waals surface area contributed by atoms with Crippen molar-refractivity contribution in [1.29, 1.82) is 0 Å². The quantitative estimate of drug-likeness (QED) is 0.0774. The third-order valence-corrected chi connectivity index (χ3v) is 8.14. The number of aryl methyl sites for hydroxylation is 1. The van der Waals surface area contributed by atoms with Gasteiger partial charge < -0.3 is 44.3 Å². The number of ketones is 1. The van der Waals surface area contributed by atoms with E-state index in [2.05, 4.69) is 35.2 Å². The van der Waals surface area contributed by atoms with Gasteiger partial charge in [-0.15, -0.1) is 11.6 Å². The number of rotatable bonds is 11. The van der Waals surface area contributed by atoms with Gasteiger partial charge in [-0.05, 0) is 66.4 Å². The van der Waals surface area contributed by atoms with Crippen LogP contribution < -0.4 is 24.7 Å². The van der Waals surface area contributed by atoms with Crippen LogP contribution in [0.4, 0.5) is 0 Å². The number of nitrogens with two attached hydrogens (primary N) is 1. The number of aliphatic hydroxyl groups excluding tert-OH is 2. The first-order chi connectivity index (χ1) is 26.0. The number of carbonyl (C=O) groups is 2. The standard InChI is InChI=1S/C21H21NO3.C10H9ClO3.C8H8O.C3H9NO/c23-10-4-9-22-14-18(16-5-2-1-3-6-16)19(15-22)17-7-8-20-21(13-17)25-12-11-24-20;11-6-8(12)7-1-2-9-10(5-7)14-4-3-13-9;9-7-6-8-4-2-1-3-5-8;4-2-1-3-5/h1-3,5-8,13-15,23H,4,9-12H2;1-2,5H,3-4,6H2;1-5,7H,6H2;5H,1-4H2. The van der Waals surface area contributed by atoms with Crippen LogP contribution in [0.3, 0.4) is 0 Å². The van der Waals surface area contributed by atoms with E-state index in [1.807, 2.05) is 60.7 Å². The Kier molecular flexibility index (Phi) is 17.4. The SMILES string of the molecule is NCCCO.O=C(CCl)c1ccc2c(c1)OCCO2.O=CCc1ccccc1.OCCCn1cc(-c2ccccc2)c(-c2ccc3c(c2)OCCO3)c1. The second-order valence-electron chi connectivity index (χ2n) is 11.8. The van der Waals surface area contributed by atoms with Crippen LogP contribution in [0.1, 0.15) is 28.8 Å². The minimum Gasteiger partial charge on any atom is -0.486 e. The molecule has 0 saturated heterocycles. The fourth-order valence-corrected chi connectivity index (χ4v) is 5.43. The molecule has 0 atom stereocenters. The van der Waals surface area contributed by atoms with Crippen LogP contribution in [0.25, 0.3) is 22.3 Å². The molecule has 0 radical (unpaired) electrons. The maximum atomic E-state index is 11.3. The summed E-state index contributed by atoms with van der Waals surface area (Å²) in [5, 5.41) is 17.1. The average molecular weight is 743 g/mol. The van der Waals surface area contributed by atoms with Gasteiger partial charge in [-0.1, -0.05) is 66.7 Å². The molecule has 10 nitrogen and oxygen atoms in total. The second-order valence-corrected chi connectivity index (χ2v) is 12.0. The molecule has 11 heteroatoms. The number of benzene rings is 4. The van der Waals surface area contributed by atoms with Gasteiger partial charge >= 0.3 is 0 Å². The Bertz CT molecular complexity index is 1830. The number of aliphatic hydroxyl groups is 2. The molecule has 0 amide bonds. The summed E-state index contributed by atoms with van der Waals surface area (Å²) in [7, 11) is 0. The van der Waals surface area contributed by atoms with Gasteiger partial charge in [0.15, 0.2) is 28.8 Å². The summed E-state index contributed by atoms with van der Waals surface area (Å²) in [6.45, 7) is 4.05. The Labute approximate surface area is 315 Å². The third-order valence-electron chi connectivity index (χ3n) is 7.90. The maximum absolute atomic E-state index is 11.3. The molecule has 1 aromatic heterocycles. The number of Topliss-reactive ketones (excluding diaryl/α,β-unsaturated/α-hetero) is 1. The molecular weight excluding hydrogens is 696 g/mol. The number of ether oxygens (including phenoxy) is 4. The molecular formula is C42H47ClN2O8. The highest BCUT2D eigenvalue weighted by molar-refractivity contribution is 6.30. The Morgan fingerprint density at radius 1 is 0.698 bits per heavy atom. The van der Waals surface area contributed by atoms with Gasteiger partial charge in [0.25, 0.3) is 0 Å². The first kappa shape index (κ1) is 40.6. The van der Waals surface area contributed by atoms with Crippen LogP contribution in [0, 0.1) is 0 Å². The summed E-state index contributed by atoms with van der Waals surface area (Å²) in [6, 6.07) is 31.2. The van der Waals surface area contributed by atoms with Crippen LogP contribution in [-0.4, -0.2) is 78.9 Å². The van der Waals surface area contributed by atoms with Crippen molar-refractivity contribution in [2.24, 2.45) is 5.73 Å². The minimum atomic E-state index is -0.108. The molecule has 0 aliphatic carbocycles. The number of hydrogen-bond donors (Lipinski definition) is 3. The monoisotopic (exact) mass is 742 g/mol. The lowest BCUT2D eigenvalue weighted by Crippen LogP contribution is -2.15. The van der Waals surface area contributed by atoms with E-state index >= 15 is 0 Å². The summed E-state index contributed by atoms with van der Waals surface area (Å²) in [5.41, 5.74) is 11.2. The predicted octanol–water partition coefficient (Wildman–Crippen LogP) is 6.61. The second kappa shape index (κ2) is 22.7. The molecule has 0 saturated carbocycles. The fraction of sp³-hybridized carbons (Fsp3) is 0.286. The molecule has 3 heterocycles. The van der Waals surface area contributed by atoms with Gasteiger partial charge in [-0.25, -0.2) is 0 Å². The van der Waals surface area contributed by atoms with Crippen LogP contribution in [-0.2, 0) is 17.8 Å². The van der Waals surface area contributed by atoms with Crippen molar-refractivity contribution >= 4 is 23.7 Å². The highest BCUT2D eigenvalue weighted by Crippen LogP contribution is 2.39. The molecule has 4 N–H and O–H groups in total. The first-order valence-electron chi connectivity index (χ1n) is 17.5. The Balaban J connectivity index is 0.000000187. The molecule has 0 bridgehead atoms. The van der Waals surface area contributed by atoms with E-state index in [0.29, 0.717) is 56.5 Å². The molecule has 2 aliphatic heterocycles. The molecule has 53 heavy (non-hydrogen) atoms. The van der Waals surface area contributed by atoms with E-state index in [1.54, 1.807) is 18.2 Å². The summed E-state index contributed by atoms with van der Waals surface area (Å²) in [4.78, 5) is 21.2. The number of aldehydes is 1. The fourth-order valence-electron chi connectivity index (χ4n) is 5.27. The molecule has 0 fully saturated rings. The predicted molar refractivity (Wildman–Crippen MR) is 207 cm³/mol. The highest BCUT2D eigenvalue weighted by Gasteiger charge is 2.17. The first-order valence-corrected chi connectivity index (χ1v) is 18.1. The van der Waals surface area contributed by atoms with Crippen LogP contribution in [0.15, 0.2) is 109 Å². The van der Waals surface area contributed by atoms with Gasteiger partial charge in [-0.2, -0.15) is 0 Å². The van der Waals surface area contributed by atoms with Crippen molar-refractivity contribution in [3.05, 3.63) is 121 Å². The van der Waals surface area contributed by atoms with E-state index in [9.17, 15) is 9.59 Å². The van der Waals surface area contributed by atoms with E-state index < -0.39 is 0 Å². The molecule has 5 aromatic rings. The largest absolute Gasteiger partial charge is 0.486 e. The van der Waals surface area contributed by atoms with Gasteiger partial charge in [-0.3, -0.25) is 4.79 Å². The smallest absolute Gasteiger partial charge is 0.177 e. The molecule has 4 aromatic carbocycles. The van der Waals surface area contributed by atoms with Crippen LogP contribution in [0.2, 0.25) is 0 Å². The zero-order chi connectivity index (χ0) is 37.7. The Hall–Kier alpha value is -5.13. The summed E-state index contributed by atoms with van der Waals surface area (Å²) in [6.07, 6.45) is 7.19. The van der Waals surface area contributed by atoms with E-state index in [4.69, 9.17) is 46.5 Å². The number of halogens is 1. The summed E-state index contributed by atoms with van der Waals surface area (Å²) >= 11 is 5.45. The topological polar surface area (TPSA) is 142 Å². The van der Waals surface area contributed by atoms with Crippen molar-refractivity contribution in [2.75, 3.05) is 52.1 Å². The number of alkyl halides is 1. The number of hydrogen-bond acceptors (Lipinski definition) is 9. The van der Waals surface area contributed by atoms with E-state index in [0.717, 1.165) is 53.9 Å². The lowest BCUT2D eigenvalue weighted by molar-refractivity contribution is -0.107. The lowest BCUT2D eigenvalue weighted by atomic mass is 9.99. The van der Waals surface area contributed by atoms with Crippen molar-refractivity contribution in [1.82, 2.24) is 4.57 Å². The molecule has 0 spiro atoms. The van der Waals surface area contributed by atoms with Crippen LogP contribution in [0.5, 0.6) is 23.0 Å². The third kappa shape index (κ3) is 12.8. The number of aromatic nitrogens is 1. The zero-order valence-corrected chi connectivity index (χ0v) is 30.5. The van der Waals surface area contributed by atoms with E-state index in [-0.39, 0.29) is 24.9 Å². The number of nitrogens with zero attached hydrogens (tertiary/aromatic N) is 1. The molecule has 0 unspecified atom stereocenters. The summed E-state index contributed by atoms with van der Waals surface area (Å²) in [5.74, 6) is 2.78. The van der Waals surface area contributed by atoms with Gasteiger partial charge in [0.05, 0.1) is 5.88 Å². The van der Waals surface area contributed by atoms with Gasteiger partial charge in [0.1, 0.15) is 32.7 Å². The van der Waals surface area contributed by atoms with Crippen LogP contribution >= 0.6 is 11.6 Å². The normalized spacial score (nSPS) is 12.1. The van der Waals surface area contributed by atoms with Crippen molar-refractivity contribution in [3.63, 3.8) is 0 Å². The Morgan fingerprint density at radius 3 is 1.79 bits per heavy atom. The van der Waals surface area contributed by atoms with E-state index in [1.165, 1.54) is 11.1 Å². The van der Waals surface area contributed by atoms with Crippen molar-refractivity contribution in [2.45, 2.75) is 25.8 Å². The van der Waals surface area contributed by atoms with Crippen molar-refractivity contribution in [3.8, 4) is 45.3 Å². The van der Waals surface area contributed by atoms with Gasteiger partial charge in [0, 0.05) is 55.3 Å². The molecule has 2 aliphatic rings. The zero-order valence-electron chi connectivity index (χ0n) is 29.7. The van der Waals surface area contributed by atoms with Crippen molar-refractivity contribution < 1.29 is 38.7 Å². The maximum Gasteiger partial charge on any atom is 0.177 e. The van der Waals surface area contributed by atoms with Gasteiger partial charge in [0.2, 0.25) is 0 Å². The molecule has 280 valence electrons. The number of carbonyl (C=O) groups excluding carboxylic acids is 2. The number of fused-ring (bicyclic) bond motifs is 2. The summed E-state index contributed by atoms with van der Waals surface area (Å²) < 4.78 is 24.2. The Morgan fingerprint density at radius 2 is 1.25 bits per heavy atom.